The molecule has 1 aromatic carbocycles. The summed E-state index contributed by atoms with van der Waals surface area (Å²) in [5.41, 5.74) is 0.313. The van der Waals surface area contributed by atoms with Gasteiger partial charge in [0.1, 0.15) is 6.04 Å². The molecule has 0 saturated carbocycles. The summed E-state index contributed by atoms with van der Waals surface area (Å²) in [6.07, 6.45) is 1.40. The summed E-state index contributed by atoms with van der Waals surface area (Å²) in [4.78, 5) is 24.6. The Bertz CT molecular complexity index is 538. The van der Waals surface area contributed by atoms with Gasteiger partial charge >= 0.3 is 11.9 Å². The second-order valence-electron chi connectivity index (χ2n) is 5.64. The van der Waals surface area contributed by atoms with E-state index in [1.54, 1.807) is 32.0 Å². The minimum absolute atomic E-state index is 0.569. The standard InChI is InChI=1S/C15H19NO4/c1-15(2,14(19)20)10-6-3-4-7-11(10)16-9-5-8-12(16)13(17)18/h3-4,6-7,12H,5,8-9H2,1-2H3,(H,17,18)(H,19,20). The lowest BCUT2D eigenvalue weighted by Crippen LogP contribution is -2.38. The first kappa shape index (κ1) is 14.4. The van der Waals surface area contributed by atoms with Crippen LogP contribution in [0.25, 0.3) is 0 Å². The van der Waals surface area contributed by atoms with E-state index in [0.29, 0.717) is 24.2 Å². The zero-order valence-electron chi connectivity index (χ0n) is 11.7. The number of anilines is 1. The molecular formula is C15H19NO4. The fraction of sp³-hybridized carbons (Fsp3) is 0.467. The normalized spacial score (nSPS) is 19.1. The molecule has 20 heavy (non-hydrogen) atoms. The molecule has 0 amide bonds. The lowest BCUT2D eigenvalue weighted by molar-refractivity contribution is -0.142. The highest BCUT2D eigenvalue weighted by atomic mass is 16.4. The average molecular weight is 277 g/mol. The van der Waals surface area contributed by atoms with E-state index in [9.17, 15) is 19.8 Å². The van der Waals surface area contributed by atoms with Gasteiger partial charge in [0.25, 0.3) is 0 Å². The molecule has 0 aromatic heterocycles. The Morgan fingerprint density at radius 3 is 2.50 bits per heavy atom. The minimum Gasteiger partial charge on any atom is -0.481 e. The fourth-order valence-corrected chi connectivity index (χ4v) is 2.68. The van der Waals surface area contributed by atoms with Crippen molar-refractivity contribution >= 4 is 17.6 Å². The van der Waals surface area contributed by atoms with Crippen LogP contribution >= 0.6 is 0 Å². The number of nitrogens with zero attached hydrogens (tertiary/aromatic N) is 1. The van der Waals surface area contributed by atoms with Gasteiger partial charge in [-0.3, -0.25) is 4.79 Å². The van der Waals surface area contributed by atoms with Crippen molar-refractivity contribution < 1.29 is 19.8 Å². The number of hydrogen-bond acceptors (Lipinski definition) is 3. The van der Waals surface area contributed by atoms with E-state index in [0.717, 1.165) is 6.42 Å². The van der Waals surface area contributed by atoms with Crippen molar-refractivity contribution in [2.45, 2.75) is 38.1 Å². The third-order valence-corrected chi connectivity index (χ3v) is 3.96. The molecule has 0 radical (unpaired) electrons. The Morgan fingerprint density at radius 2 is 1.90 bits per heavy atom. The predicted octanol–water partition coefficient (Wildman–Crippen LogP) is 2.10. The van der Waals surface area contributed by atoms with E-state index in [1.165, 1.54) is 0 Å². The molecule has 1 aliphatic rings. The molecule has 1 saturated heterocycles. The Kier molecular flexibility index (Phi) is 3.70. The Balaban J connectivity index is 2.48. The molecule has 2 rings (SSSR count). The van der Waals surface area contributed by atoms with Crippen molar-refractivity contribution in [3.8, 4) is 0 Å². The number of aliphatic carboxylic acids is 2. The minimum atomic E-state index is -1.05. The molecular weight excluding hydrogens is 258 g/mol. The van der Waals surface area contributed by atoms with Crippen LogP contribution in [0.3, 0.4) is 0 Å². The molecule has 1 atom stereocenters. The molecule has 1 fully saturated rings. The summed E-state index contributed by atoms with van der Waals surface area (Å²) in [5.74, 6) is -1.78. The number of carboxylic acids is 2. The van der Waals surface area contributed by atoms with E-state index in [4.69, 9.17) is 0 Å². The summed E-state index contributed by atoms with van der Waals surface area (Å²) in [6, 6.07) is 6.60. The van der Waals surface area contributed by atoms with Gasteiger partial charge in [-0.1, -0.05) is 18.2 Å². The highest BCUT2D eigenvalue weighted by molar-refractivity contribution is 5.85. The van der Waals surface area contributed by atoms with Gasteiger partial charge in [-0.05, 0) is 38.3 Å². The number of carbonyl (C=O) groups is 2. The van der Waals surface area contributed by atoms with Crippen molar-refractivity contribution in [2.75, 3.05) is 11.4 Å². The lowest BCUT2D eigenvalue weighted by atomic mass is 9.83. The van der Waals surface area contributed by atoms with Gasteiger partial charge in [-0.15, -0.1) is 0 Å². The molecule has 1 aromatic rings. The molecule has 5 heteroatoms. The molecule has 1 heterocycles. The molecule has 5 nitrogen and oxygen atoms in total. The van der Waals surface area contributed by atoms with Gasteiger partial charge < -0.3 is 15.1 Å². The van der Waals surface area contributed by atoms with Crippen LogP contribution < -0.4 is 4.90 Å². The molecule has 108 valence electrons. The zero-order chi connectivity index (χ0) is 14.9. The molecule has 0 spiro atoms. The van der Waals surface area contributed by atoms with Gasteiger partial charge in [0.15, 0.2) is 0 Å². The van der Waals surface area contributed by atoms with Gasteiger partial charge in [0.2, 0.25) is 0 Å². The monoisotopic (exact) mass is 277 g/mol. The Morgan fingerprint density at radius 1 is 1.25 bits per heavy atom. The van der Waals surface area contributed by atoms with Crippen molar-refractivity contribution in [2.24, 2.45) is 0 Å². The van der Waals surface area contributed by atoms with Gasteiger partial charge in [-0.25, -0.2) is 4.79 Å². The summed E-state index contributed by atoms with van der Waals surface area (Å²) in [7, 11) is 0. The maximum atomic E-state index is 11.5. The van der Waals surface area contributed by atoms with Crippen LogP contribution in [-0.4, -0.2) is 34.7 Å². The number of rotatable bonds is 4. The van der Waals surface area contributed by atoms with Gasteiger partial charge in [0.05, 0.1) is 5.41 Å². The van der Waals surface area contributed by atoms with Crippen LogP contribution in [0.1, 0.15) is 32.3 Å². The van der Waals surface area contributed by atoms with Crippen molar-refractivity contribution in [1.29, 1.82) is 0 Å². The zero-order valence-corrected chi connectivity index (χ0v) is 11.7. The van der Waals surface area contributed by atoms with Crippen LogP contribution in [0.5, 0.6) is 0 Å². The maximum absolute atomic E-state index is 11.5. The topological polar surface area (TPSA) is 77.8 Å². The first-order chi connectivity index (χ1) is 9.35. The van der Waals surface area contributed by atoms with Crippen LogP contribution in [-0.2, 0) is 15.0 Å². The molecule has 0 bridgehead atoms. The Hall–Kier alpha value is -2.04. The summed E-state index contributed by atoms with van der Waals surface area (Å²) < 4.78 is 0. The van der Waals surface area contributed by atoms with Crippen molar-refractivity contribution in [3.63, 3.8) is 0 Å². The van der Waals surface area contributed by atoms with E-state index >= 15 is 0 Å². The predicted molar refractivity (Wildman–Crippen MR) is 75.1 cm³/mol. The second kappa shape index (κ2) is 5.15. The van der Waals surface area contributed by atoms with E-state index in [2.05, 4.69) is 0 Å². The van der Waals surface area contributed by atoms with Gasteiger partial charge in [0, 0.05) is 12.2 Å². The molecule has 1 unspecified atom stereocenters. The van der Waals surface area contributed by atoms with Crippen molar-refractivity contribution in [1.82, 2.24) is 0 Å². The highest BCUT2D eigenvalue weighted by Crippen LogP contribution is 2.36. The molecule has 0 aliphatic carbocycles. The number of carboxylic acid groups (broad SMARTS) is 2. The van der Waals surface area contributed by atoms with Crippen LogP contribution in [0.4, 0.5) is 5.69 Å². The summed E-state index contributed by atoms with van der Waals surface area (Å²) >= 11 is 0. The van der Waals surface area contributed by atoms with E-state index in [1.807, 2.05) is 11.0 Å². The average Bonchev–Trinajstić information content (AvgIpc) is 2.87. The fourth-order valence-electron chi connectivity index (χ4n) is 2.68. The SMILES string of the molecule is CC(C)(C(=O)O)c1ccccc1N1CCCC1C(=O)O. The maximum Gasteiger partial charge on any atom is 0.326 e. The third kappa shape index (κ3) is 2.35. The largest absolute Gasteiger partial charge is 0.481 e. The third-order valence-electron chi connectivity index (χ3n) is 3.96. The van der Waals surface area contributed by atoms with Crippen LogP contribution in [0.2, 0.25) is 0 Å². The number of para-hydroxylation sites is 1. The summed E-state index contributed by atoms with van der Waals surface area (Å²) in [5, 5.41) is 18.7. The Labute approximate surface area is 117 Å². The smallest absolute Gasteiger partial charge is 0.326 e. The first-order valence-corrected chi connectivity index (χ1v) is 6.68. The molecule has 2 N–H and O–H groups in total. The molecule has 1 aliphatic heterocycles. The lowest BCUT2D eigenvalue weighted by Gasteiger charge is -2.30. The van der Waals surface area contributed by atoms with Crippen LogP contribution in [0.15, 0.2) is 24.3 Å². The number of benzene rings is 1. The number of hydrogen-bond donors (Lipinski definition) is 2. The second-order valence-corrected chi connectivity index (χ2v) is 5.64. The summed E-state index contributed by atoms with van der Waals surface area (Å²) in [6.45, 7) is 3.92. The highest BCUT2D eigenvalue weighted by Gasteiger charge is 2.37. The van der Waals surface area contributed by atoms with Gasteiger partial charge in [-0.2, -0.15) is 0 Å². The van der Waals surface area contributed by atoms with E-state index < -0.39 is 23.4 Å². The van der Waals surface area contributed by atoms with Crippen LogP contribution in [0, 0.1) is 0 Å². The first-order valence-electron chi connectivity index (χ1n) is 6.68. The van der Waals surface area contributed by atoms with Crippen molar-refractivity contribution in [3.05, 3.63) is 29.8 Å². The van der Waals surface area contributed by atoms with E-state index in [-0.39, 0.29) is 0 Å². The quantitative estimate of drug-likeness (QED) is 0.881.